The van der Waals surface area contributed by atoms with Gasteiger partial charge in [-0.2, -0.15) is 0 Å². The van der Waals surface area contributed by atoms with Crippen molar-refractivity contribution in [1.82, 2.24) is 9.55 Å². The first-order chi connectivity index (χ1) is 9.61. The van der Waals surface area contributed by atoms with Crippen LogP contribution in [0.1, 0.15) is 37.9 Å². The normalized spacial score (nSPS) is 14.8. The van der Waals surface area contributed by atoms with Crippen LogP contribution in [0.5, 0.6) is 0 Å². The average molecular weight is 310 g/mol. The van der Waals surface area contributed by atoms with Crippen molar-refractivity contribution in [2.45, 2.75) is 38.6 Å². The number of hydrogen-bond donors (Lipinski definition) is 1. The predicted molar refractivity (Wildman–Crippen MR) is 84.4 cm³/mol. The Balaban J connectivity index is 2.13. The predicted octanol–water partition coefficient (Wildman–Crippen LogP) is 4.73. The standard InChI is InChI=1S/C15H17Cl2N3/c1-2-7-20-14(18)13(19-15(20)9-3-4-9)11-8-10(16)5-6-12(11)17/h5-6,8-9H,2-4,7,18H2,1H3. The van der Waals surface area contributed by atoms with Gasteiger partial charge < -0.3 is 10.3 Å². The van der Waals surface area contributed by atoms with Crippen LogP contribution in [-0.4, -0.2) is 9.55 Å². The number of imidazole rings is 1. The molecule has 1 aromatic heterocycles. The Hall–Kier alpha value is -1.19. The van der Waals surface area contributed by atoms with Crippen LogP contribution in [0.2, 0.25) is 10.0 Å². The van der Waals surface area contributed by atoms with E-state index in [0.717, 1.165) is 30.0 Å². The van der Waals surface area contributed by atoms with Crippen molar-refractivity contribution in [3.05, 3.63) is 34.1 Å². The van der Waals surface area contributed by atoms with Crippen molar-refractivity contribution in [2.75, 3.05) is 5.73 Å². The number of rotatable bonds is 4. The SMILES string of the molecule is CCCn1c(C2CC2)nc(-c2cc(Cl)ccc2Cl)c1N. The highest BCUT2D eigenvalue weighted by atomic mass is 35.5. The van der Waals surface area contributed by atoms with E-state index in [1.54, 1.807) is 12.1 Å². The molecule has 5 heteroatoms. The van der Waals surface area contributed by atoms with Crippen molar-refractivity contribution in [2.24, 2.45) is 0 Å². The summed E-state index contributed by atoms with van der Waals surface area (Å²) in [6, 6.07) is 5.39. The lowest BCUT2D eigenvalue weighted by Crippen LogP contribution is -2.06. The summed E-state index contributed by atoms with van der Waals surface area (Å²) < 4.78 is 2.13. The average Bonchev–Trinajstić information content (AvgIpc) is 3.21. The quantitative estimate of drug-likeness (QED) is 0.887. The first-order valence-corrected chi connectivity index (χ1v) is 7.68. The molecule has 0 saturated heterocycles. The Bertz CT molecular complexity index is 645. The fourth-order valence-corrected chi connectivity index (χ4v) is 2.85. The van der Waals surface area contributed by atoms with Gasteiger partial charge in [0.2, 0.25) is 0 Å². The maximum atomic E-state index is 6.31. The third kappa shape index (κ3) is 2.40. The van der Waals surface area contributed by atoms with Gasteiger partial charge in [0.15, 0.2) is 0 Å². The monoisotopic (exact) mass is 309 g/mol. The molecule has 1 aliphatic rings. The van der Waals surface area contributed by atoms with E-state index in [9.17, 15) is 0 Å². The second-order valence-electron chi connectivity index (χ2n) is 5.25. The Morgan fingerprint density at radius 3 is 2.75 bits per heavy atom. The molecule has 3 nitrogen and oxygen atoms in total. The fraction of sp³-hybridized carbons (Fsp3) is 0.400. The van der Waals surface area contributed by atoms with Crippen molar-refractivity contribution < 1.29 is 0 Å². The number of nitrogens with zero attached hydrogens (tertiary/aromatic N) is 2. The highest BCUT2D eigenvalue weighted by Crippen LogP contribution is 2.43. The summed E-state index contributed by atoms with van der Waals surface area (Å²) in [6.45, 7) is 3.03. The van der Waals surface area contributed by atoms with E-state index < -0.39 is 0 Å². The summed E-state index contributed by atoms with van der Waals surface area (Å²) in [6.07, 6.45) is 3.43. The van der Waals surface area contributed by atoms with Crippen LogP contribution < -0.4 is 5.73 Å². The summed E-state index contributed by atoms with van der Waals surface area (Å²) in [5.74, 6) is 2.34. The molecule has 1 aliphatic carbocycles. The number of nitrogen functional groups attached to an aromatic ring is 1. The van der Waals surface area contributed by atoms with Gasteiger partial charge in [-0.25, -0.2) is 4.98 Å². The minimum Gasteiger partial charge on any atom is -0.383 e. The highest BCUT2D eigenvalue weighted by Gasteiger charge is 2.31. The van der Waals surface area contributed by atoms with Gasteiger partial charge in [-0.3, -0.25) is 0 Å². The maximum absolute atomic E-state index is 6.31. The Kier molecular flexibility index (Phi) is 3.65. The van der Waals surface area contributed by atoms with Crippen LogP contribution in [0.15, 0.2) is 18.2 Å². The first-order valence-electron chi connectivity index (χ1n) is 6.93. The van der Waals surface area contributed by atoms with Crippen molar-refractivity contribution in [3.8, 4) is 11.3 Å². The molecule has 20 heavy (non-hydrogen) atoms. The molecule has 0 spiro atoms. The molecule has 3 rings (SSSR count). The van der Waals surface area contributed by atoms with Crippen LogP contribution in [0.25, 0.3) is 11.3 Å². The number of hydrogen-bond acceptors (Lipinski definition) is 2. The molecule has 2 aromatic rings. The number of benzene rings is 1. The van der Waals surface area contributed by atoms with Crippen LogP contribution in [-0.2, 0) is 6.54 Å². The number of nitrogens with two attached hydrogens (primary N) is 1. The summed E-state index contributed by atoms with van der Waals surface area (Å²) in [5, 5.41) is 1.27. The summed E-state index contributed by atoms with van der Waals surface area (Å²) in [4.78, 5) is 4.76. The van der Waals surface area contributed by atoms with Crippen LogP contribution >= 0.6 is 23.2 Å². The van der Waals surface area contributed by atoms with Gasteiger partial charge in [-0.05, 0) is 37.5 Å². The Morgan fingerprint density at radius 2 is 2.10 bits per heavy atom. The molecule has 0 amide bonds. The zero-order chi connectivity index (χ0) is 14.3. The third-order valence-electron chi connectivity index (χ3n) is 3.61. The van der Waals surface area contributed by atoms with E-state index in [4.69, 9.17) is 33.9 Å². The highest BCUT2D eigenvalue weighted by molar-refractivity contribution is 6.35. The fourth-order valence-electron chi connectivity index (χ4n) is 2.47. The minimum absolute atomic E-state index is 0.551. The second kappa shape index (κ2) is 5.30. The molecular formula is C15H17Cl2N3. The Labute approximate surface area is 128 Å². The second-order valence-corrected chi connectivity index (χ2v) is 6.10. The largest absolute Gasteiger partial charge is 0.383 e. The first kappa shape index (κ1) is 13.8. The number of halogens is 2. The molecule has 1 heterocycles. The third-order valence-corrected chi connectivity index (χ3v) is 4.17. The van der Waals surface area contributed by atoms with E-state index in [1.165, 1.54) is 12.8 Å². The lowest BCUT2D eigenvalue weighted by Gasteiger charge is -2.07. The maximum Gasteiger partial charge on any atom is 0.131 e. The summed E-state index contributed by atoms with van der Waals surface area (Å²) in [5.41, 5.74) is 7.88. The van der Waals surface area contributed by atoms with E-state index in [2.05, 4.69) is 11.5 Å². The molecule has 1 saturated carbocycles. The molecule has 0 atom stereocenters. The molecule has 0 aliphatic heterocycles. The molecule has 1 fully saturated rings. The topological polar surface area (TPSA) is 43.8 Å². The molecule has 0 radical (unpaired) electrons. The molecular weight excluding hydrogens is 293 g/mol. The minimum atomic E-state index is 0.551. The lowest BCUT2D eigenvalue weighted by atomic mass is 10.1. The van der Waals surface area contributed by atoms with Crippen LogP contribution in [0, 0.1) is 0 Å². The summed E-state index contributed by atoms with van der Waals surface area (Å²) >= 11 is 12.3. The Morgan fingerprint density at radius 1 is 1.35 bits per heavy atom. The zero-order valence-electron chi connectivity index (χ0n) is 11.4. The molecule has 0 bridgehead atoms. The van der Waals surface area contributed by atoms with Gasteiger partial charge in [0, 0.05) is 23.0 Å². The van der Waals surface area contributed by atoms with Crippen molar-refractivity contribution in [1.29, 1.82) is 0 Å². The molecule has 0 unspecified atom stereocenters. The number of aromatic nitrogens is 2. The van der Waals surface area contributed by atoms with Gasteiger partial charge in [0.1, 0.15) is 17.3 Å². The van der Waals surface area contributed by atoms with Gasteiger partial charge in [-0.15, -0.1) is 0 Å². The molecule has 1 aromatic carbocycles. The molecule has 2 N–H and O–H groups in total. The van der Waals surface area contributed by atoms with Gasteiger partial charge in [0.25, 0.3) is 0 Å². The van der Waals surface area contributed by atoms with Crippen molar-refractivity contribution in [3.63, 3.8) is 0 Å². The number of anilines is 1. The zero-order valence-corrected chi connectivity index (χ0v) is 12.9. The van der Waals surface area contributed by atoms with Gasteiger partial charge >= 0.3 is 0 Å². The van der Waals surface area contributed by atoms with Crippen LogP contribution in [0.4, 0.5) is 5.82 Å². The van der Waals surface area contributed by atoms with Gasteiger partial charge in [0.05, 0.1) is 5.02 Å². The van der Waals surface area contributed by atoms with E-state index >= 15 is 0 Å². The lowest BCUT2D eigenvalue weighted by molar-refractivity contribution is 0.646. The van der Waals surface area contributed by atoms with E-state index in [1.807, 2.05) is 6.07 Å². The molecule has 106 valence electrons. The smallest absolute Gasteiger partial charge is 0.131 e. The van der Waals surface area contributed by atoms with Crippen molar-refractivity contribution >= 4 is 29.0 Å². The van der Waals surface area contributed by atoms with E-state index in [0.29, 0.717) is 21.8 Å². The summed E-state index contributed by atoms with van der Waals surface area (Å²) in [7, 11) is 0. The van der Waals surface area contributed by atoms with Crippen LogP contribution in [0.3, 0.4) is 0 Å². The van der Waals surface area contributed by atoms with E-state index in [-0.39, 0.29) is 0 Å². The van der Waals surface area contributed by atoms with Gasteiger partial charge in [-0.1, -0.05) is 30.1 Å².